The van der Waals surface area contributed by atoms with E-state index in [1.54, 1.807) is 7.11 Å². The van der Waals surface area contributed by atoms with Gasteiger partial charge in [0.25, 0.3) is 0 Å². The third-order valence-electron chi connectivity index (χ3n) is 2.96. The third-order valence-corrected chi connectivity index (χ3v) is 2.96. The van der Waals surface area contributed by atoms with Gasteiger partial charge in [0.2, 0.25) is 5.91 Å². The van der Waals surface area contributed by atoms with Gasteiger partial charge in [-0.15, -0.1) is 0 Å². The lowest BCUT2D eigenvalue weighted by atomic mass is 10.1. The average Bonchev–Trinajstić information content (AvgIpc) is 2.31. The predicted octanol–water partition coefficient (Wildman–Crippen LogP) is 1.24. The molecule has 96 valence electrons. The van der Waals surface area contributed by atoms with Gasteiger partial charge in [-0.25, -0.2) is 0 Å². The van der Waals surface area contributed by atoms with Crippen LogP contribution in [0.2, 0.25) is 0 Å². The van der Waals surface area contributed by atoms with Gasteiger partial charge in [0.15, 0.2) is 0 Å². The summed E-state index contributed by atoms with van der Waals surface area (Å²) in [5.74, 6) is 0.683. The highest BCUT2D eigenvalue weighted by Gasteiger charge is 2.18. The monoisotopic (exact) mass is 230 g/mol. The van der Waals surface area contributed by atoms with E-state index < -0.39 is 0 Å². The fourth-order valence-electron chi connectivity index (χ4n) is 1.50. The van der Waals surface area contributed by atoms with Crippen molar-refractivity contribution < 1.29 is 9.53 Å². The van der Waals surface area contributed by atoms with E-state index in [0.717, 1.165) is 19.5 Å². The summed E-state index contributed by atoms with van der Waals surface area (Å²) >= 11 is 0. The van der Waals surface area contributed by atoms with Crippen LogP contribution in [0.25, 0.3) is 0 Å². The number of rotatable bonds is 8. The van der Waals surface area contributed by atoms with Gasteiger partial charge in [0.1, 0.15) is 0 Å². The fraction of sp³-hybridized carbons (Fsp3) is 0.917. The first-order chi connectivity index (χ1) is 7.58. The van der Waals surface area contributed by atoms with Crippen LogP contribution in [-0.4, -0.2) is 43.7 Å². The minimum Gasteiger partial charge on any atom is -0.380 e. The quantitative estimate of drug-likeness (QED) is 0.682. The topological polar surface area (TPSA) is 55.6 Å². The molecule has 0 saturated carbocycles. The zero-order valence-corrected chi connectivity index (χ0v) is 11.0. The number of hydrogen-bond acceptors (Lipinski definition) is 3. The Bertz CT molecular complexity index is 193. The van der Waals surface area contributed by atoms with Gasteiger partial charge in [-0.2, -0.15) is 0 Å². The Morgan fingerprint density at radius 2 is 2.06 bits per heavy atom. The summed E-state index contributed by atoms with van der Waals surface area (Å²) in [6.07, 6.45) is 1.32. The summed E-state index contributed by atoms with van der Waals surface area (Å²) < 4.78 is 5.12. The molecule has 4 nitrogen and oxygen atoms in total. The highest BCUT2D eigenvalue weighted by molar-refractivity contribution is 5.76. The normalized spacial score (nSPS) is 14.6. The number of ether oxygens (including phenoxy) is 1. The molecule has 0 heterocycles. The second-order valence-electron chi connectivity index (χ2n) is 4.24. The van der Waals surface area contributed by atoms with Crippen molar-refractivity contribution in [2.75, 3.05) is 26.7 Å². The van der Waals surface area contributed by atoms with Crippen LogP contribution in [0.5, 0.6) is 0 Å². The molecule has 0 aliphatic carbocycles. The SMILES string of the molecule is CCC(C)CN(CC)C(=O)CC(CN)OC. The van der Waals surface area contributed by atoms with Crippen LogP contribution in [0.1, 0.15) is 33.6 Å². The van der Waals surface area contributed by atoms with Crippen LogP contribution < -0.4 is 5.73 Å². The Morgan fingerprint density at radius 1 is 1.44 bits per heavy atom. The van der Waals surface area contributed by atoms with Crippen LogP contribution in [0.4, 0.5) is 0 Å². The molecule has 0 aromatic rings. The van der Waals surface area contributed by atoms with Crippen molar-refractivity contribution >= 4 is 5.91 Å². The highest BCUT2D eigenvalue weighted by Crippen LogP contribution is 2.07. The zero-order chi connectivity index (χ0) is 12.6. The van der Waals surface area contributed by atoms with Gasteiger partial charge in [0, 0.05) is 26.7 Å². The van der Waals surface area contributed by atoms with E-state index in [1.165, 1.54) is 0 Å². The van der Waals surface area contributed by atoms with Crippen molar-refractivity contribution in [2.24, 2.45) is 11.7 Å². The lowest BCUT2D eigenvalue weighted by Crippen LogP contribution is -2.38. The molecule has 2 unspecified atom stereocenters. The van der Waals surface area contributed by atoms with E-state index in [-0.39, 0.29) is 12.0 Å². The summed E-state index contributed by atoms with van der Waals surface area (Å²) in [6, 6.07) is 0. The molecule has 16 heavy (non-hydrogen) atoms. The van der Waals surface area contributed by atoms with Crippen LogP contribution in [0.15, 0.2) is 0 Å². The minimum absolute atomic E-state index is 0.139. The Hall–Kier alpha value is -0.610. The van der Waals surface area contributed by atoms with Gasteiger partial charge < -0.3 is 15.4 Å². The zero-order valence-electron chi connectivity index (χ0n) is 11.0. The van der Waals surface area contributed by atoms with E-state index >= 15 is 0 Å². The molecule has 0 radical (unpaired) electrons. The predicted molar refractivity (Wildman–Crippen MR) is 66.2 cm³/mol. The Kier molecular flexibility index (Phi) is 8.21. The molecule has 0 fully saturated rings. The maximum absolute atomic E-state index is 11.9. The summed E-state index contributed by atoms with van der Waals surface area (Å²) in [4.78, 5) is 13.8. The first-order valence-electron chi connectivity index (χ1n) is 6.09. The van der Waals surface area contributed by atoms with Gasteiger partial charge in [-0.3, -0.25) is 4.79 Å². The summed E-state index contributed by atoms with van der Waals surface area (Å²) in [5, 5.41) is 0. The van der Waals surface area contributed by atoms with Crippen molar-refractivity contribution in [3.8, 4) is 0 Å². The molecule has 0 aliphatic rings. The van der Waals surface area contributed by atoms with Gasteiger partial charge in [-0.05, 0) is 12.8 Å². The van der Waals surface area contributed by atoms with Crippen LogP contribution in [0.3, 0.4) is 0 Å². The van der Waals surface area contributed by atoms with Crippen molar-refractivity contribution in [3.63, 3.8) is 0 Å². The molecular weight excluding hydrogens is 204 g/mol. The Balaban J connectivity index is 4.19. The van der Waals surface area contributed by atoms with Gasteiger partial charge in [0.05, 0.1) is 12.5 Å². The molecule has 4 heteroatoms. The molecule has 2 N–H and O–H groups in total. The van der Waals surface area contributed by atoms with E-state index in [1.807, 2.05) is 11.8 Å². The number of carbonyl (C=O) groups excluding carboxylic acids is 1. The minimum atomic E-state index is -0.154. The molecule has 0 spiro atoms. The Morgan fingerprint density at radius 3 is 2.44 bits per heavy atom. The second-order valence-corrected chi connectivity index (χ2v) is 4.24. The van der Waals surface area contributed by atoms with Crippen molar-refractivity contribution in [2.45, 2.75) is 39.7 Å². The van der Waals surface area contributed by atoms with E-state index in [9.17, 15) is 4.79 Å². The lowest BCUT2D eigenvalue weighted by molar-refractivity contribution is -0.134. The first-order valence-corrected chi connectivity index (χ1v) is 6.09. The van der Waals surface area contributed by atoms with Crippen LogP contribution in [-0.2, 0) is 9.53 Å². The number of methoxy groups -OCH3 is 1. The molecule has 2 atom stereocenters. The molecule has 0 aromatic carbocycles. The van der Waals surface area contributed by atoms with E-state index in [0.29, 0.717) is 18.9 Å². The standard InChI is InChI=1S/C12H26N2O2/c1-5-10(3)9-14(6-2)12(15)7-11(8-13)16-4/h10-11H,5-9,13H2,1-4H3. The summed E-state index contributed by atoms with van der Waals surface area (Å²) in [7, 11) is 1.59. The first kappa shape index (κ1) is 15.4. The summed E-state index contributed by atoms with van der Waals surface area (Å²) in [6.45, 7) is 8.28. The molecule has 0 aliphatic heterocycles. The maximum Gasteiger partial charge on any atom is 0.225 e. The van der Waals surface area contributed by atoms with Gasteiger partial charge >= 0.3 is 0 Å². The van der Waals surface area contributed by atoms with Crippen LogP contribution in [0, 0.1) is 5.92 Å². The highest BCUT2D eigenvalue weighted by atomic mass is 16.5. The van der Waals surface area contributed by atoms with E-state index in [4.69, 9.17) is 10.5 Å². The average molecular weight is 230 g/mol. The lowest BCUT2D eigenvalue weighted by Gasteiger charge is -2.25. The number of hydrogen-bond donors (Lipinski definition) is 1. The summed E-state index contributed by atoms with van der Waals surface area (Å²) in [5.41, 5.74) is 5.50. The maximum atomic E-state index is 11.9. The molecule has 1 amide bonds. The fourth-order valence-corrected chi connectivity index (χ4v) is 1.50. The van der Waals surface area contributed by atoms with Crippen molar-refractivity contribution in [1.29, 1.82) is 0 Å². The molecule has 0 bridgehead atoms. The molecule has 0 saturated heterocycles. The number of nitrogens with zero attached hydrogens (tertiary/aromatic N) is 1. The molecule has 0 aromatic heterocycles. The van der Waals surface area contributed by atoms with Gasteiger partial charge in [-0.1, -0.05) is 20.3 Å². The largest absolute Gasteiger partial charge is 0.380 e. The van der Waals surface area contributed by atoms with Crippen molar-refractivity contribution in [3.05, 3.63) is 0 Å². The Labute approximate surface area is 99.1 Å². The van der Waals surface area contributed by atoms with Crippen molar-refractivity contribution in [1.82, 2.24) is 4.90 Å². The number of nitrogens with two attached hydrogens (primary N) is 1. The molecular formula is C12H26N2O2. The number of amides is 1. The number of carbonyl (C=O) groups is 1. The molecule has 0 rings (SSSR count). The third kappa shape index (κ3) is 5.47. The second kappa shape index (κ2) is 8.53. The van der Waals surface area contributed by atoms with E-state index in [2.05, 4.69) is 13.8 Å². The smallest absolute Gasteiger partial charge is 0.225 e. The van der Waals surface area contributed by atoms with Crippen LogP contribution >= 0.6 is 0 Å².